The molecule has 2 aromatic carbocycles. The molecule has 0 aliphatic carbocycles. The molecular weight excluding hydrogens is 244 g/mol. The lowest BCUT2D eigenvalue weighted by Gasteiger charge is -2.32. The van der Waals surface area contributed by atoms with Crippen molar-refractivity contribution in [3.63, 3.8) is 0 Å². The third-order valence-corrected chi connectivity index (χ3v) is 4.06. The van der Waals surface area contributed by atoms with Gasteiger partial charge in [-0.2, -0.15) is 0 Å². The molecule has 2 nitrogen and oxygen atoms in total. The van der Waals surface area contributed by atoms with Gasteiger partial charge in [0.1, 0.15) is 0 Å². The lowest BCUT2D eigenvalue weighted by molar-refractivity contribution is 0.148. The molecule has 104 valence electrons. The molecule has 0 atom stereocenters. The van der Waals surface area contributed by atoms with Gasteiger partial charge in [-0.1, -0.05) is 54.6 Å². The molecule has 0 spiro atoms. The Labute approximate surface area is 121 Å². The number of piperazine rings is 1. The molecule has 2 heteroatoms. The summed E-state index contributed by atoms with van der Waals surface area (Å²) in [4.78, 5) is 4.94. The third-order valence-electron chi connectivity index (χ3n) is 4.06. The van der Waals surface area contributed by atoms with Crippen LogP contribution in [0.2, 0.25) is 0 Å². The van der Waals surface area contributed by atoms with E-state index < -0.39 is 0 Å². The van der Waals surface area contributed by atoms with Gasteiger partial charge in [0.25, 0.3) is 0 Å². The quantitative estimate of drug-likeness (QED) is 0.842. The van der Waals surface area contributed by atoms with Gasteiger partial charge >= 0.3 is 0 Å². The summed E-state index contributed by atoms with van der Waals surface area (Å²) in [6, 6.07) is 19.6. The molecule has 0 aromatic heterocycles. The van der Waals surface area contributed by atoms with E-state index in [9.17, 15) is 0 Å². The van der Waals surface area contributed by atoms with Crippen LogP contribution in [0.15, 0.2) is 54.6 Å². The maximum absolute atomic E-state index is 2.54. The first-order chi connectivity index (χ1) is 9.81. The lowest BCUT2D eigenvalue weighted by atomic mass is 10.0. The zero-order valence-electron chi connectivity index (χ0n) is 12.1. The monoisotopic (exact) mass is 266 g/mol. The molecular formula is C18H22N2. The molecule has 0 radical (unpaired) electrons. The number of nitrogens with zero attached hydrogens (tertiary/aromatic N) is 2. The van der Waals surface area contributed by atoms with Gasteiger partial charge in [0.05, 0.1) is 0 Å². The molecule has 0 unspecified atom stereocenters. The van der Waals surface area contributed by atoms with E-state index in [1.54, 1.807) is 0 Å². The summed E-state index contributed by atoms with van der Waals surface area (Å²) in [5.41, 5.74) is 4.00. The van der Waals surface area contributed by atoms with Crippen molar-refractivity contribution >= 4 is 0 Å². The second-order valence-electron chi connectivity index (χ2n) is 5.64. The van der Waals surface area contributed by atoms with Gasteiger partial charge in [-0.25, -0.2) is 0 Å². The minimum atomic E-state index is 1.07. The zero-order chi connectivity index (χ0) is 13.8. The Morgan fingerprint density at radius 2 is 1.35 bits per heavy atom. The fraction of sp³-hybridized carbons (Fsp3) is 0.333. The van der Waals surface area contributed by atoms with Crippen molar-refractivity contribution in [3.8, 4) is 11.1 Å². The van der Waals surface area contributed by atoms with E-state index in [1.807, 2.05) is 0 Å². The average Bonchev–Trinajstić information content (AvgIpc) is 2.51. The van der Waals surface area contributed by atoms with E-state index in [2.05, 4.69) is 71.4 Å². The number of likely N-dealkylation sites (N-methyl/N-ethyl adjacent to an activating group) is 1. The summed E-state index contributed by atoms with van der Waals surface area (Å²) >= 11 is 0. The van der Waals surface area contributed by atoms with Crippen LogP contribution in [0.5, 0.6) is 0 Å². The van der Waals surface area contributed by atoms with Gasteiger partial charge in [-0.15, -0.1) is 0 Å². The van der Waals surface area contributed by atoms with Crippen LogP contribution in [-0.2, 0) is 6.54 Å². The topological polar surface area (TPSA) is 6.48 Å². The van der Waals surface area contributed by atoms with Gasteiger partial charge < -0.3 is 4.90 Å². The van der Waals surface area contributed by atoms with E-state index in [0.29, 0.717) is 0 Å². The first-order valence-corrected chi connectivity index (χ1v) is 7.36. The van der Waals surface area contributed by atoms with Crippen molar-refractivity contribution < 1.29 is 0 Å². The van der Waals surface area contributed by atoms with Crippen molar-refractivity contribution in [3.05, 3.63) is 60.2 Å². The molecule has 0 saturated carbocycles. The third kappa shape index (κ3) is 3.27. The van der Waals surface area contributed by atoms with Crippen LogP contribution in [0.4, 0.5) is 0 Å². The highest BCUT2D eigenvalue weighted by molar-refractivity contribution is 5.63. The first kappa shape index (κ1) is 13.3. The Hall–Kier alpha value is -1.64. The van der Waals surface area contributed by atoms with Gasteiger partial charge in [0.15, 0.2) is 0 Å². The molecule has 1 heterocycles. The van der Waals surface area contributed by atoms with Gasteiger partial charge in [-0.3, -0.25) is 4.90 Å². The largest absolute Gasteiger partial charge is 0.304 e. The molecule has 20 heavy (non-hydrogen) atoms. The SMILES string of the molecule is CN1CCN(Cc2ccc(-c3ccccc3)cc2)CC1. The van der Waals surface area contributed by atoms with Crippen LogP contribution < -0.4 is 0 Å². The summed E-state index contributed by atoms with van der Waals surface area (Å²) in [6.07, 6.45) is 0. The molecule has 0 amide bonds. The summed E-state index contributed by atoms with van der Waals surface area (Å²) in [7, 11) is 2.20. The predicted octanol–water partition coefficient (Wildman–Crippen LogP) is 3.10. The highest BCUT2D eigenvalue weighted by Gasteiger charge is 2.13. The number of benzene rings is 2. The summed E-state index contributed by atoms with van der Waals surface area (Å²) in [6.45, 7) is 5.79. The standard InChI is InChI=1S/C18H22N2/c1-19-11-13-20(14-12-19)15-16-7-9-18(10-8-16)17-5-3-2-4-6-17/h2-10H,11-15H2,1H3. The van der Waals surface area contributed by atoms with Crippen LogP contribution in [0.25, 0.3) is 11.1 Å². The van der Waals surface area contributed by atoms with Gasteiger partial charge in [0.2, 0.25) is 0 Å². The average molecular weight is 266 g/mol. The highest BCUT2D eigenvalue weighted by Crippen LogP contribution is 2.20. The van der Waals surface area contributed by atoms with E-state index in [-0.39, 0.29) is 0 Å². The Morgan fingerprint density at radius 3 is 2.00 bits per heavy atom. The van der Waals surface area contributed by atoms with E-state index >= 15 is 0 Å². The normalized spacial score (nSPS) is 17.2. The molecule has 1 fully saturated rings. The molecule has 1 aliphatic heterocycles. The summed E-state index contributed by atoms with van der Waals surface area (Å²) in [5.74, 6) is 0. The second kappa shape index (κ2) is 6.21. The maximum atomic E-state index is 2.54. The predicted molar refractivity (Wildman–Crippen MR) is 84.7 cm³/mol. The van der Waals surface area contributed by atoms with Crippen molar-refractivity contribution in [2.75, 3.05) is 33.2 Å². The molecule has 0 N–H and O–H groups in total. The van der Waals surface area contributed by atoms with Crippen LogP contribution in [-0.4, -0.2) is 43.0 Å². The minimum Gasteiger partial charge on any atom is -0.304 e. The fourth-order valence-electron chi connectivity index (χ4n) is 2.70. The Kier molecular flexibility index (Phi) is 4.14. The highest BCUT2D eigenvalue weighted by atomic mass is 15.2. The first-order valence-electron chi connectivity index (χ1n) is 7.36. The van der Waals surface area contributed by atoms with Crippen LogP contribution in [0, 0.1) is 0 Å². The Bertz CT molecular complexity index is 525. The van der Waals surface area contributed by atoms with E-state index in [1.165, 1.54) is 42.9 Å². The number of hydrogen-bond donors (Lipinski definition) is 0. The summed E-state index contributed by atoms with van der Waals surface area (Å²) in [5, 5.41) is 0. The minimum absolute atomic E-state index is 1.07. The Balaban J connectivity index is 1.65. The van der Waals surface area contributed by atoms with Crippen molar-refractivity contribution in [1.29, 1.82) is 0 Å². The molecule has 0 bridgehead atoms. The van der Waals surface area contributed by atoms with Gasteiger partial charge in [-0.05, 0) is 23.7 Å². The van der Waals surface area contributed by atoms with Crippen molar-refractivity contribution in [1.82, 2.24) is 9.80 Å². The zero-order valence-corrected chi connectivity index (χ0v) is 12.1. The molecule has 1 aliphatic rings. The van der Waals surface area contributed by atoms with Crippen molar-refractivity contribution in [2.45, 2.75) is 6.54 Å². The van der Waals surface area contributed by atoms with E-state index in [4.69, 9.17) is 0 Å². The second-order valence-corrected chi connectivity index (χ2v) is 5.64. The number of hydrogen-bond acceptors (Lipinski definition) is 2. The van der Waals surface area contributed by atoms with Crippen LogP contribution in [0.1, 0.15) is 5.56 Å². The smallest absolute Gasteiger partial charge is 0.0234 e. The lowest BCUT2D eigenvalue weighted by Crippen LogP contribution is -2.43. The molecule has 1 saturated heterocycles. The van der Waals surface area contributed by atoms with Crippen LogP contribution in [0.3, 0.4) is 0 Å². The van der Waals surface area contributed by atoms with Crippen molar-refractivity contribution in [2.24, 2.45) is 0 Å². The molecule has 3 rings (SSSR count). The van der Waals surface area contributed by atoms with Gasteiger partial charge in [0, 0.05) is 32.7 Å². The van der Waals surface area contributed by atoms with E-state index in [0.717, 1.165) is 6.54 Å². The fourth-order valence-corrected chi connectivity index (χ4v) is 2.70. The molecule has 2 aromatic rings. The summed E-state index contributed by atoms with van der Waals surface area (Å²) < 4.78 is 0. The Morgan fingerprint density at radius 1 is 0.750 bits per heavy atom. The maximum Gasteiger partial charge on any atom is 0.0234 e. The number of rotatable bonds is 3. The van der Waals surface area contributed by atoms with Crippen LogP contribution >= 0.6 is 0 Å².